The van der Waals surface area contributed by atoms with E-state index in [1.807, 2.05) is 0 Å². The predicted octanol–water partition coefficient (Wildman–Crippen LogP) is 0.620. The van der Waals surface area contributed by atoms with E-state index < -0.39 is 0 Å². The maximum Gasteiger partial charge on any atom is 0.0345 e. The molecular formula is C13H25N3. The largest absolute Gasteiger partial charge is 0.314 e. The molecule has 0 unspecified atom stereocenters. The molecule has 1 N–H and O–H groups in total. The molecule has 2 atom stereocenters. The van der Waals surface area contributed by atoms with Crippen LogP contribution in [0.15, 0.2) is 0 Å². The molecule has 0 bridgehead atoms. The first-order chi connectivity index (χ1) is 7.54. The number of nitrogens with zero attached hydrogens (tertiary/aromatic N) is 2. The summed E-state index contributed by atoms with van der Waals surface area (Å²) in [6.45, 7) is 14.8. The van der Waals surface area contributed by atoms with E-state index in [1.54, 1.807) is 0 Å². The Balaban J connectivity index is 1.58. The first kappa shape index (κ1) is 11.0. The lowest BCUT2D eigenvalue weighted by Crippen LogP contribution is -2.57. The topological polar surface area (TPSA) is 18.5 Å². The molecule has 92 valence electrons. The first-order valence-corrected chi connectivity index (χ1v) is 6.74. The highest BCUT2D eigenvalue weighted by Crippen LogP contribution is 2.35. The minimum absolute atomic E-state index is 0.368. The van der Waals surface area contributed by atoms with E-state index in [0.717, 1.165) is 17.9 Å². The lowest BCUT2D eigenvalue weighted by Gasteiger charge is -2.38. The van der Waals surface area contributed by atoms with Crippen molar-refractivity contribution in [2.75, 3.05) is 39.3 Å². The predicted molar refractivity (Wildman–Crippen MR) is 66.5 cm³/mol. The molecule has 3 heteroatoms. The van der Waals surface area contributed by atoms with E-state index in [1.165, 1.54) is 39.3 Å². The lowest BCUT2D eigenvalue weighted by atomic mass is 10.0. The highest BCUT2D eigenvalue weighted by Gasteiger charge is 2.44. The molecule has 0 radical (unpaired) electrons. The second kappa shape index (κ2) is 3.69. The average molecular weight is 223 g/mol. The van der Waals surface area contributed by atoms with Gasteiger partial charge in [0.2, 0.25) is 0 Å². The van der Waals surface area contributed by atoms with Crippen LogP contribution in [0.4, 0.5) is 0 Å². The Kier molecular flexibility index (Phi) is 2.54. The molecule has 0 aliphatic carbocycles. The van der Waals surface area contributed by atoms with Crippen LogP contribution in [0, 0.1) is 11.8 Å². The zero-order chi connectivity index (χ0) is 11.3. The van der Waals surface area contributed by atoms with Crippen molar-refractivity contribution in [3.8, 4) is 0 Å². The molecular weight excluding hydrogens is 198 g/mol. The fourth-order valence-corrected chi connectivity index (χ4v) is 3.41. The Morgan fingerprint density at radius 1 is 0.938 bits per heavy atom. The van der Waals surface area contributed by atoms with Crippen molar-refractivity contribution in [3.63, 3.8) is 0 Å². The maximum atomic E-state index is 3.38. The number of nitrogens with one attached hydrogen (secondary N) is 1. The highest BCUT2D eigenvalue weighted by molar-refractivity contribution is 4.99. The van der Waals surface area contributed by atoms with Crippen molar-refractivity contribution >= 4 is 0 Å². The Bertz CT molecular complexity index is 253. The molecule has 0 saturated carbocycles. The molecule has 3 nitrogen and oxygen atoms in total. The van der Waals surface area contributed by atoms with Gasteiger partial charge in [-0.1, -0.05) is 0 Å². The van der Waals surface area contributed by atoms with Crippen LogP contribution in [0.25, 0.3) is 0 Å². The zero-order valence-corrected chi connectivity index (χ0v) is 10.9. The first-order valence-electron chi connectivity index (χ1n) is 6.74. The molecule has 3 saturated heterocycles. The van der Waals surface area contributed by atoms with E-state index in [2.05, 4.69) is 35.9 Å². The molecule has 0 aromatic carbocycles. The van der Waals surface area contributed by atoms with Gasteiger partial charge in [0.05, 0.1) is 0 Å². The van der Waals surface area contributed by atoms with Gasteiger partial charge < -0.3 is 5.32 Å². The lowest BCUT2D eigenvalue weighted by molar-refractivity contribution is 0.124. The summed E-state index contributed by atoms with van der Waals surface area (Å²) in [5, 5.41) is 3.38. The van der Waals surface area contributed by atoms with Crippen LogP contribution in [0.2, 0.25) is 0 Å². The number of fused-ring (bicyclic) bond motifs is 1. The van der Waals surface area contributed by atoms with Crippen LogP contribution in [-0.4, -0.2) is 60.6 Å². The van der Waals surface area contributed by atoms with Crippen molar-refractivity contribution < 1.29 is 0 Å². The van der Waals surface area contributed by atoms with E-state index >= 15 is 0 Å². The van der Waals surface area contributed by atoms with Gasteiger partial charge in [0, 0.05) is 50.8 Å². The Hall–Kier alpha value is -0.120. The highest BCUT2D eigenvalue weighted by atomic mass is 15.3. The Morgan fingerprint density at radius 2 is 1.50 bits per heavy atom. The number of hydrogen-bond donors (Lipinski definition) is 1. The monoisotopic (exact) mass is 223 g/mol. The van der Waals surface area contributed by atoms with Gasteiger partial charge in [-0.3, -0.25) is 9.80 Å². The molecule has 16 heavy (non-hydrogen) atoms. The van der Waals surface area contributed by atoms with Crippen LogP contribution in [0.3, 0.4) is 0 Å². The summed E-state index contributed by atoms with van der Waals surface area (Å²) in [5.74, 6) is 1.89. The van der Waals surface area contributed by atoms with Crippen molar-refractivity contribution in [3.05, 3.63) is 0 Å². The van der Waals surface area contributed by atoms with E-state index in [-0.39, 0.29) is 0 Å². The van der Waals surface area contributed by atoms with Crippen LogP contribution in [-0.2, 0) is 0 Å². The molecule has 0 aromatic heterocycles. The molecule has 3 aliphatic rings. The Labute approximate surface area is 99.2 Å². The second-order valence-corrected chi connectivity index (χ2v) is 6.86. The zero-order valence-electron chi connectivity index (χ0n) is 10.9. The summed E-state index contributed by atoms with van der Waals surface area (Å²) in [4.78, 5) is 5.41. The average Bonchev–Trinajstić information content (AvgIpc) is 2.54. The molecule has 0 aromatic rings. The molecule has 0 amide bonds. The van der Waals surface area contributed by atoms with Gasteiger partial charge >= 0.3 is 0 Å². The van der Waals surface area contributed by atoms with Crippen molar-refractivity contribution in [1.29, 1.82) is 0 Å². The smallest absolute Gasteiger partial charge is 0.0345 e. The summed E-state index contributed by atoms with van der Waals surface area (Å²) >= 11 is 0. The number of hydrogen-bond acceptors (Lipinski definition) is 3. The second-order valence-electron chi connectivity index (χ2n) is 6.86. The summed E-state index contributed by atoms with van der Waals surface area (Å²) < 4.78 is 0. The summed E-state index contributed by atoms with van der Waals surface area (Å²) in [6, 6.07) is 0.855. The summed E-state index contributed by atoms with van der Waals surface area (Å²) in [7, 11) is 0. The maximum absolute atomic E-state index is 3.38. The van der Waals surface area contributed by atoms with E-state index in [4.69, 9.17) is 0 Å². The third-order valence-electron chi connectivity index (χ3n) is 4.74. The SMILES string of the molecule is CC(C)(C)N1C[C@H]2CN(C3CNC3)C[C@H]2C1. The fraction of sp³-hybridized carbons (Fsp3) is 1.00. The number of rotatable bonds is 1. The minimum atomic E-state index is 0.368. The van der Waals surface area contributed by atoms with Gasteiger partial charge in [-0.2, -0.15) is 0 Å². The van der Waals surface area contributed by atoms with Crippen LogP contribution < -0.4 is 5.32 Å². The molecule has 3 aliphatic heterocycles. The van der Waals surface area contributed by atoms with Gasteiger partial charge in [-0.05, 0) is 32.6 Å². The van der Waals surface area contributed by atoms with Gasteiger partial charge in [0.15, 0.2) is 0 Å². The molecule has 3 fully saturated rings. The Morgan fingerprint density at radius 3 is 1.88 bits per heavy atom. The quantitative estimate of drug-likeness (QED) is 0.703. The van der Waals surface area contributed by atoms with Crippen LogP contribution in [0.5, 0.6) is 0 Å². The standard InChI is InChI=1S/C13H25N3/c1-13(2,3)16-8-10-6-15(7-11(10)9-16)12-4-14-5-12/h10-12,14H,4-9H2,1-3H3/t10-,11+. The molecule has 3 rings (SSSR count). The van der Waals surface area contributed by atoms with Gasteiger partial charge in [0.25, 0.3) is 0 Å². The van der Waals surface area contributed by atoms with Gasteiger partial charge in [-0.15, -0.1) is 0 Å². The summed E-state index contributed by atoms with van der Waals surface area (Å²) in [6.07, 6.45) is 0. The third-order valence-corrected chi connectivity index (χ3v) is 4.74. The fourth-order valence-electron chi connectivity index (χ4n) is 3.41. The third kappa shape index (κ3) is 1.79. The summed E-state index contributed by atoms with van der Waals surface area (Å²) in [5.41, 5.74) is 0.368. The number of likely N-dealkylation sites (tertiary alicyclic amines) is 2. The molecule has 0 spiro atoms. The van der Waals surface area contributed by atoms with E-state index in [9.17, 15) is 0 Å². The van der Waals surface area contributed by atoms with Crippen molar-refractivity contribution in [2.45, 2.75) is 32.4 Å². The van der Waals surface area contributed by atoms with Gasteiger partial charge in [-0.25, -0.2) is 0 Å². The minimum Gasteiger partial charge on any atom is -0.314 e. The van der Waals surface area contributed by atoms with E-state index in [0.29, 0.717) is 5.54 Å². The van der Waals surface area contributed by atoms with Crippen molar-refractivity contribution in [2.24, 2.45) is 11.8 Å². The normalized spacial score (nSPS) is 37.7. The van der Waals surface area contributed by atoms with Crippen LogP contribution >= 0.6 is 0 Å². The van der Waals surface area contributed by atoms with Gasteiger partial charge in [0.1, 0.15) is 0 Å². The van der Waals surface area contributed by atoms with Crippen LogP contribution in [0.1, 0.15) is 20.8 Å². The van der Waals surface area contributed by atoms with Crippen molar-refractivity contribution in [1.82, 2.24) is 15.1 Å². The molecule has 3 heterocycles.